The summed E-state index contributed by atoms with van der Waals surface area (Å²) in [6.45, 7) is 3.36. The quantitative estimate of drug-likeness (QED) is 0.443. The van der Waals surface area contributed by atoms with Gasteiger partial charge in [0.15, 0.2) is 6.61 Å². The van der Waals surface area contributed by atoms with Gasteiger partial charge in [0.1, 0.15) is 5.69 Å². The molecular formula is C21H29N3O5. The lowest BCUT2D eigenvalue weighted by Gasteiger charge is -2.28. The van der Waals surface area contributed by atoms with E-state index < -0.39 is 10.9 Å². The highest BCUT2D eigenvalue weighted by Gasteiger charge is 2.24. The SMILES string of the molecule is CC1CCC(NC(=O)COC(=O)c2ccc(N3CCCCC3)c([N+](=O)[O-])c2)CC1. The van der Waals surface area contributed by atoms with Crippen molar-refractivity contribution < 1.29 is 19.2 Å². The lowest BCUT2D eigenvalue weighted by molar-refractivity contribution is -0.384. The Morgan fingerprint density at radius 3 is 2.52 bits per heavy atom. The fourth-order valence-electron chi connectivity index (χ4n) is 4.09. The number of nitro groups is 1. The molecule has 2 aliphatic rings. The summed E-state index contributed by atoms with van der Waals surface area (Å²) < 4.78 is 5.09. The van der Waals surface area contributed by atoms with Crippen LogP contribution >= 0.6 is 0 Å². The molecule has 0 bridgehead atoms. The molecule has 3 rings (SSSR count). The summed E-state index contributed by atoms with van der Waals surface area (Å²) in [5.74, 6) is -0.382. The highest BCUT2D eigenvalue weighted by Crippen LogP contribution is 2.31. The standard InChI is InChI=1S/C21H29N3O5/c1-15-5-8-17(9-6-15)22-20(25)14-29-21(26)16-7-10-18(19(13-16)24(27)28)23-11-3-2-4-12-23/h7,10,13,15,17H,2-6,8-9,11-12,14H2,1H3,(H,22,25). The Hall–Kier alpha value is -2.64. The third-order valence-electron chi connectivity index (χ3n) is 5.82. The van der Waals surface area contributed by atoms with Gasteiger partial charge in [-0.1, -0.05) is 6.92 Å². The Kier molecular flexibility index (Phi) is 7.06. The van der Waals surface area contributed by atoms with Crippen LogP contribution in [0.1, 0.15) is 62.2 Å². The van der Waals surface area contributed by atoms with E-state index in [0.717, 1.165) is 58.0 Å². The maximum atomic E-state index is 12.3. The first-order valence-corrected chi connectivity index (χ1v) is 10.4. The zero-order valence-corrected chi connectivity index (χ0v) is 16.9. The average Bonchev–Trinajstić information content (AvgIpc) is 2.74. The van der Waals surface area contributed by atoms with Gasteiger partial charge in [-0.3, -0.25) is 14.9 Å². The van der Waals surface area contributed by atoms with E-state index in [-0.39, 0.29) is 29.8 Å². The van der Waals surface area contributed by atoms with Crippen LogP contribution in [-0.2, 0) is 9.53 Å². The van der Waals surface area contributed by atoms with E-state index in [1.54, 1.807) is 6.07 Å². The Balaban J connectivity index is 1.58. The second kappa shape index (κ2) is 9.71. The molecule has 1 saturated heterocycles. The van der Waals surface area contributed by atoms with Crippen molar-refractivity contribution in [1.29, 1.82) is 0 Å². The molecular weight excluding hydrogens is 374 g/mol. The number of hydrogen-bond donors (Lipinski definition) is 1. The van der Waals surface area contributed by atoms with Crippen molar-refractivity contribution in [3.8, 4) is 0 Å². The van der Waals surface area contributed by atoms with E-state index in [4.69, 9.17) is 4.74 Å². The summed E-state index contributed by atoms with van der Waals surface area (Å²) in [5.41, 5.74) is 0.495. The molecule has 1 heterocycles. The number of nitrogens with zero attached hydrogens (tertiary/aromatic N) is 2. The monoisotopic (exact) mass is 403 g/mol. The van der Waals surface area contributed by atoms with E-state index >= 15 is 0 Å². The van der Waals surface area contributed by atoms with Crippen molar-refractivity contribution >= 4 is 23.3 Å². The minimum atomic E-state index is -0.731. The van der Waals surface area contributed by atoms with Crippen molar-refractivity contribution in [2.45, 2.75) is 57.9 Å². The molecule has 29 heavy (non-hydrogen) atoms. The van der Waals surface area contributed by atoms with Gasteiger partial charge >= 0.3 is 5.97 Å². The highest BCUT2D eigenvalue weighted by molar-refractivity contribution is 5.93. The van der Waals surface area contributed by atoms with Crippen molar-refractivity contribution in [2.75, 3.05) is 24.6 Å². The molecule has 0 unspecified atom stereocenters. The number of piperidine rings is 1. The van der Waals surface area contributed by atoms with Crippen LogP contribution in [0.25, 0.3) is 0 Å². The summed E-state index contributed by atoms with van der Waals surface area (Å²) in [5, 5.41) is 14.4. The molecule has 8 nitrogen and oxygen atoms in total. The zero-order valence-electron chi connectivity index (χ0n) is 16.9. The number of benzene rings is 1. The molecule has 0 radical (unpaired) electrons. The molecule has 1 aliphatic carbocycles. The summed E-state index contributed by atoms with van der Waals surface area (Å²) in [6.07, 6.45) is 7.15. The summed E-state index contributed by atoms with van der Waals surface area (Å²) >= 11 is 0. The van der Waals surface area contributed by atoms with Crippen LogP contribution < -0.4 is 10.2 Å². The third-order valence-corrected chi connectivity index (χ3v) is 5.82. The Labute approximate surface area is 170 Å². The second-order valence-electron chi connectivity index (χ2n) is 8.11. The van der Waals surface area contributed by atoms with Gasteiger partial charge in [-0.05, 0) is 63.0 Å². The Bertz CT molecular complexity index is 753. The number of nitro benzene ring substituents is 1. The predicted molar refractivity (Wildman–Crippen MR) is 109 cm³/mol. The molecule has 8 heteroatoms. The molecule has 2 fully saturated rings. The van der Waals surface area contributed by atoms with E-state index in [0.29, 0.717) is 11.6 Å². The van der Waals surface area contributed by atoms with E-state index in [1.165, 1.54) is 12.1 Å². The largest absolute Gasteiger partial charge is 0.452 e. The predicted octanol–water partition coefficient (Wildman–Crippen LogP) is 3.44. The van der Waals surface area contributed by atoms with Gasteiger partial charge in [-0.2, -0.15) is 0 Å². The maximum absolute atomic E-state index is 12.3. The molecule has 0 spiro atoms. The highest BCUT2D eigenvalue weighted by atomic mass is 16.6. The van der Waals surface area contributed by atoms with E-state index in [2.05, 4.69) is 12.2 Å². The maximum Gasteiger partial charge on any atom is 0.338 e. The van der Waals surface area contributed by atoms with Crippen LogP contribution in [0.4, 0.5) is 11.4 Å². The molecule has 1 aliphatic heterocycles. The van der Waals surface area contributed by atoms with Crippen LogP contribution in [-0.4, -0.2) is 42.5 Å². The lowest BCUT2D eigenvalue weighted by Crippen LogP contribution is -2.39. The number of carbonyl (C=O) groups is 2. The van der Waals surface area contributed by atoms with Crippen molar-refractivity contribution in [3.63, 3.8) is 0 Å². The minimum absolute atomic E-state index is 0.0803. The number of nitrogens with one attached hydrogen (secondary N) is 1. The molecule has 1 N–H and O–H groups in total. The van der Waals surface area contributed by atoms with E-state index in [1.807, 2.05) is 4.90 Å². The number of rotatable bonds is 6. The number of esters is 1. The minimum Gasteiger partial charge on any atom is -0.452 e. The van der Waals surface area contributed by atoms with Gasteiger partial charge in [-0.25, -0.2) is 4.79 Å². The molecule has 1 amide bonds. The fraction of sp³-hybridized carbons (Fsp3) is 0.619. The topological polar surface area (TPSA) is 102 Å². The van der Waals surface area contributed by atoms with Crippen molar-refractivity contribution in [1.82, 2.24) is 5.32 Å². The Morgan fingerprint density at radius 2 is 1.86 bits per heavy atom. The number of amides is 1. The van der Waals surface area contributed by atoms with Gasteiger partial charge in [0.05, 0.1) is 10.5 Å². The first-order valence-electron chi connectivity index (χ1n) is 10.4. The summed E-state index contributed by atoms with van der Waals surface area (Å²) in [6, 6.07) is 4.50. The van der Waals surface area contributed by atoms with Crippen LogP contribution in [0.3, 0.4) is 0 Å². The van der Waals surface area contributed by atoms with Crippen molar-refractivity contribution in [3.05, 3.63) is 33.9 Å². The Morgan fingerprint density at radius 1 is 1.17 bits per heavy atom. The van der Waals surface area contributed by atoms with Crippen molar-refractivity contribution in [2.24, 2.45) is 5.92 Å². The molecule has 1 saturated carbocycles. The van der Waals surface area contributed by atoms with Gasteiger partial charge in [0, 0.05) is 25.2 Å². The normalized spacial score (nSPS) is 22.0. The smallest absolute Gasteiger partial charge is 0.338 e. The first-order chi connectivity index (χ1) is 13.9. The molecule has 1 aromatic rings. The number of carbonyl (C=O) groups excluding carboxylic acids is 2. The van der Waals surface area contributed by atoms with Crippen LogP contribution in [0.2, 0.25) is 0 Å². The molecule has 0 atom stereocenters. The second-order valence-corrected chi connectivity index (χ2v) is 8.11. The van der Waals surface area contributed by atoms with Gasteiger partial charge in [0.2, 0.25) is 0 Å². The number of hydrogen-bond acceptors (Lipinski definition) is 6. The summed E-state index contributed by atoms with van der Waals surface area (Å²) in [7, 11) is 0. The van der Waals surface area contributed by atoms with Gasteiger partial charge < -0.3 is 15.0 Å². The average molecular weight is 403 g/mol. The van der Waals surface area contributed by atoms with Crippen LogP contribution in [0.5, 0.6) is 0 Å². The third kappa shape index (κ3) is 5.68. The van der Waals surface area contributed by atoms with Gasteiger partial charge in [-0.15, -0.1) is 0 Å². The lowest BCUT2D eigenvalue weighted by atomic mass is 9.87. The van der Waals surface area contributed by atoms with Crippen LogP contribution in [0, 0.1) is 16.0 Å². The molecule has 158 valence electrons. The number of anilines is 1. The fourth-order valence-corrected chi connectivity index (χ4v) is 4.09. The molecule has 1 aromatic carbocycles. The zero-order chi connectivity index (χ0) is 20.8. The first kappa shape index (κ1) is 21.1. The van der Waals surface area contributed by atoms with Crippen LogP contribution in [0.15, 0.2) is 18.2 Å². The summed E-state index contributed by atoms with van der Waals surface area (Å²) in [4.78, 5) is 37.4. The number of ether oxygens (including phenoxy) is 1. The molecule has 0 aromatic heterocycles. The van der Waals surface area contributed by atoms with Gasteiger partial charge in [0.25, 0.3) is 11.6 Å². The van der Waals surface area contributed by atoms with E-state index in [9.17, 15) is 19.7 Å².